The van der Waals surface area contributed by atoms with Gasteiger partial charge in [0, 0.05) is 12.0 Å². The molecule has 3 heterocycles. The summed E-state index contributed by atoms with van der Waals surface area (Å²) in [5.41, 5.74) is 0. The molecule has 2 aromatic rings. The Balaban J connectivity index is 1.63. The maximum atomic E-state index is 12.2. The van der Waals surface area contributed by atoms with Gasteiger partial charge in [-0.2, -0.15) is 4.98 Å². The van der Waals surface area contributed by atoms with Crippen molar-refractivity contribution in [3.05, 3.63) is 23.5 Å². The van der Waals surface area contributed by atoms with Gasteiger partial charge in [0.25, 0.3) is 0 Å². The zero-order valence-electron chi connectivity index (χ0n) is 13.6. The van der Waals surface area contributed by atoms with Gasteiger partial charge < -0.3 is 14.4 Å². The van der Waals surface area contributed by atoms with Crippen molar-refractivity contribution < 1.29 is 13.8 Å². The Morgan fingerprint density at radius 2 is 2.26 bits per heavy atom. The molecular weight excluding hydrogens is 298 g/mol. The van der Waals surface area contributed by atoms with Crippen LogP contribution in [0, 0.1) is 6.92 Å². The minimum atomic E-state index is -0.127. The van der Waals surface area contributed by atoms with Crippen LogP contribution in [0.4, 0.5) is 5.82 Å². The molecular formula is C15H21N5O3. The summed E-state index contributed by atoms with van der Waals surface area (Å²) in [6, 6.07) is 1.71. The van der Waals surface area contributed by atoms with Crippen LogP contribution in [0.25, 0.3) is 0 Å². The zero-order chi connectivity index (χ0) is 16.4. The number of amides is 1. The van der Waals surface area contributed by atoms with E-state index in [1.807, 2.05) is 13.8 Å². The monoisotopic (exact) mass is 319 g/mol. The third kappa shape index (κ3) is 3.58. The van der Waals surface area contributed by atoms with Crippen LogP contribution in [0.2, 0.25) is 0 Å². The van der Waals surface area contributed by atoms with E-state index in [1.165, 1.54) is 0 Å². The van der Waals surface area contributed by atoms with Crippen molar-refractivity contribution in [2.24, 2.45) is 0 Å². The van der Waals surface area contributed by atoms with Gasteiger partial charge in [-0.25, -0.2) is 0 Å². The highest BCUT2D eigenvalue weighted by atomic mass is 16.5. The molecule has 0 spiro atoms. The van der Waals surface area contributed by atoms with Crippen molar-refractivity contribution in [2.45, 2.75) is 45.6 Å². The quantitative estimate of drug-likeness (QED) is 0.902. The Kier molecular flexibility index (Phi) is 4.42. The van der Waals surface area contributed by atoms with Gasteiger partial charge in [0.2, 0.25) is 11.8 Å². The van der Waals surface area contributed by atoms with E-state index < -0.39 is 0 Å². The SMILES string of the molecule is Cc1cc(NC(=O)CN2CCC[C@@H]2c2noc(C(C)C)n2)no1. The van der Waals surface area contributed by atoms with Gasteiger partial charge in [0.15, 0.2) is 11.6 Å². The second-order valence-electron chi connectivity index (χ2n) is 6.14. The molecule has 3 rings (SSSR count). The topological polar surface area (TPSA) is 97.3 Å². The molecule has 1 amide bonds. The van der Waals surface area contributed by atoms with Crippen LogP contribution in [-0.2, 0) is 4.79 Å². The molecule has 8 heteroatoms. The number of rotatable bonds is 5. The molecule has 1 aliphatic rings. The predicted octanol–water partition coefficient (Wildman–Crippen LogP) is 2.27. The zero-order valence-corrected chi connectivity index (χ0v) is 13.6. The van der Waals surface area contributed by atoms with Gasteiger partial charge in [0.1, 0.15) is 5.76 Å². The van der Waals surface area contributed by atoms with Gasteiger partial charge in [0.05, 0.1) is 12.6 Å². The normalized spacial score (nSPS) is 18.7. The van der Waals surface area contributed by atoms with E-state index >= 15 is 0 Å². The number of nitrogens with zero attached hydrogens (tertiary/aromatic N) is 4. The molecule has 2 aromatic heterocycles. The highest BCUT2D eigenvalue weighted by molar-refractivity contribution is 5.91. The Morgan fingerprint density at radius 3 is 2.91 bits per heavy atom. The van der Waals surface area contributed by atoms with E-state index in [0.717, 1.165) is 19.4 Å². The van der Waals surface area contributed by atoms with Crippen molar-refractivity contribution in [3.63, 3.8) is 0 Å². The molecule has 1 aliphatic heterocycles. The molecule has 0 radical (unpaired) electrons. The van der Waals surface area contributed by atoms with E-state index in [-0.39, 0.29) is 24.4 Å². The Labute approximate surface area is 134 Å². The van der Waals surface area contributed by atoms with Crippen molar-refractivity contribution >= 4 is 11.7 Å². The Hall–Kier alpha value is -2.22. The van der Waals surface area contributed by atoms with Crippen molar-refractivity contribution in [1.82, 2.24) is 20.2 Å². The van der Waals surface area contributed by atoms with Crippen LogP contribution < -0.4 is 5.32 Å². The fraction of sp³-hybridized carbons (Fsp3) is 0.600. The van der Waals surface area contributed by atoms with E-state index in [1.54, 1.807) is 13.0 Å². The highest BCUT2D eigenvalue weighted by Crippen LogP contribution is 2.30. The Morgan fingerprint density at radius 1 is 1.43 bits per heavy atom. The molecule has 8 nitrogen and oxygen atoms in total. The summed E-state index contributed by atoms with van der Waals surface area (Å²) >= 11 is 0. The maximum absolute atomic E-state index is 12.2. The van der Waals surface area contributed by atoms with Gasteiger partial charge in [-0.1, -0.05) is 24.2 Å². The highest BCUT2D eigenvalue weighted by Gasteiger charge is 2.31. The van der Waals surface area contributed by atoms with Crippen LogP contribution in [0.3, 0.4) is 0 Å². The van der Waals surface area contributed by atoms with Crippen LogP contribution in [0.1, 0.15) is 56.1 Å². The summed E-state index contributed by atoms with van der Waals surface area (Å²) in [6.07, 6.45) is 1.93. The molecule has 0 aromatic carbocycles. The summed E-state index contributed by atoms with van der Waals surface area (Å²) in [5, 5.41) is 10.6. The number of hydrogen-bond acceptors (Lipinski definition) is 7. The number of nitrogens with one attached hydrogen (secondary N) is 1. The van der Waals surface area contributed by atoms with E-state index in [0.29, 0.717) is 23.3 Å². The van der Waals surface area contributed by atoms with Crippen molar-refractivity contribution in [2.75, 3.05) is 18.4 Å². The minimum absolute atomic E-state index is 0.0241. The fourth-order valence-electron chi connectivity index (χ4n) is 2.72. The third-order valence-electron chi connectivity index (χ3n) is 3.86. The number of carbonyl (C=O) groups excluding carboxylic acids is 1. The molecule has 0 unspecified atom stereocenters. The average Bonchev–Trinajstić information content (AvgIpc) is 3.19. The smallest absolute Gasteiger partial charge is 0.239 e. The lowest BCUT2D eigenvalue weighted by Gasteiger charge is -2.20. The molecule has 23 heavy (non-hydrogen) atoms. The van der Waals surface area contributed by atoms with Gasteiger partial charge in [-0.15, -0.1) is 0 Å². The summed E-state index contributed by atoms with van der Waals surface area (Å²) in [7, 11) is 0. The lowest BCUT2D eigenvalue weighted by molar-refractivity contribution is -0.117. The molecule has 1 fully saturated rings. The lowest BCUT2D eigenvalue weighted by atomic mass is 10.2. The summed E-state index contributed by atoms with van der Waals surface area (Å²) in [5.74, 6) is 2.46. The van der Waals surface area contributed by atoms with Crippen LogP contribution in [0.15, 0.2) is 15.1 Å². The molecule has 0 saturated carbocycles. The first-order chi connectivity index (χ1) is 11.0. The summed E-state index contributed by atoms with van der Waals surface area (Å²) < 4.78 is 10.2. The van der Waals surface area contributed by atoms with E-state index in [4.69, 9.17) is 9.05 Å². The molecule has 0 bridgehead atoms. The first-order valence-electron chi connectivity index (χ1n) is 7.83. The number of aryl methyl sites for hydroxylation is 1. The van der Waals surface area contributed by atoms with Crippen LogP contribution >= 0.6 is 0 Å². The summed E-state index contributed by atoms with van der Waals surface area (Å²) in [6.45, 7) is 6.90. The molecule has 1 N–H and O–H groups in total. The molecule has 0 aliphatic carbocycles. The van der Waals surface area contributed by atoms with Crippen LogP contribution in [-0.4, -0.2) is 39.2 Å². The average molecular weight is 319 g/mol. The number of likely N-dealkylation sites (tertiary alicyclic amines) is 1. The van der Waals surface area contributed by atoms with Crippen molar-refractivity contribution in [3.8, 4) is 0 Å². The van der Waals surface area contributed by atoms with Gasteiger partial charge in [-0.05, 0) is 26.3 Å². The molecule has 1 saturated heterocycles. The molecule has 124 valence electrons. The summed E-state index contributed by atoms with van der Waals surface area (Å²) in [4.78, 5) is 18.7. The largest absolute Gasteiger partial charge is 0.360 e. The van der Waals surface area contributed by atoms with Gasteiger partial charge in [-0.3, -0.25) is 9.69 Å². The number of anilines is 1. The predicted molar refractivity (Wildman–Crippen MR) is 81.8 cm³/mol. The minimum Gasteiger partial charge on any atom is -0.360 e. The molecule has 1 atom stereocenters. The lowest BCUT2D eigenvalue weighted by Crippen LogP contribution is -2.33. The van der Waals surface area contributed by atoms with E-state index in [2.05, 4.69) is 25.5 Å². The maximum Gasteiger partial charge on any atom is 0.239 e. The first kappa shape index (κ1) is 15.7. The second-order valence-corrected chi connectivity index (χ2v) is 6.14. The number of hydrogen-bond donors (Lipinski definition) is 1. The van der Waals surface area contributed by atoms with E-state index in [9.17, 15) is 4.79 Å². The standard InChI is InChI=1S/C15H21N5O3/c1-9(2)15-17-14(19-23-15)11-5-4-6-20(11)8-13(21)16-12-7-10(3)22-18-12/h7,9,11H,4-6,8H2,1-3H3,(H,16,18,21)/t11-/m1/s1. The number of carbonyl (C=O) groups is 1. The second kappa shape index (κ2) is 6.49. The van der Waals surface area contributed by atoms with Crippen LogP contribution in [0.5, 0.6) is 0 Å². The first-order valence-corrected chi connectivity index (χ1v) is 7.83. The third-order valence-corrected chi connectivity index (χ3v) is 3.86. The fourth-order valence-corrected chi connectivity index (χ4v) is 2.72. The Bertz CT molecular complexity index is 678. The number of aromatic nitrogens is 3. The van der Waals surface area contributed by atoms with Crippen molar-refractivity contribution in [1.29, 1.82) is 0 Å². The van der Waals surface area contributed by atoms with Gasteiger partial charge >= 0.3 is 0 Å².